The third-order valence-electron chi connectivity index (χ3n) is 2.78. The first-order valence-electron chi connectivity index (χ1n) is 5.80. The minimum atomic E-state index is -2.46. The van der Waals surface area contributed by atoms with Crippen molar-refractivity contribution >= 4 is 5.91 Å². The number of amides is 1. The lowest BCUT2D eigenvalue weighted by Gasteiger charge is -2.22. The van der Waals surface area contributed by atoms with Crippen molar-refractivity contribution < 1.29 is 13.6 Å². The summed E-state index contributed by atoms with van der Waals surface area (Å²) in [5.74, 6) is 0.200. The largest absolute Gasteiger partial charge is 0.320 e. The predicted octanol–water partition coefficient (Wildman–Crippen LogP) is 1.83. The Balaban J connectivity index is 2.65. The molecule has 5 heteroatoms. The Morgan fingerprint density at radius 1 is 1.44 bits per heavy atom. The lowest BCUT2D eigenvalue weighted by molar-refractivity contribution is -0.132. The van der Waals surface area contributed by atoms with Crippen LogP contribution in [-0.4, -0.2) is 36.0 Å². The van der Waals surface area contributed by atoms with E-state index < -0.39 is 13.0 Å². The van der Waals surface area contributed by atoms with Gasteiger partial charge in [-0.1, -0.05) is 20.8 Å². The van der Waals surface area contributed by atoms with Crippen LogP contribution in [0.5, 0.6) is 0 Å². The molecule has 0 spiro atoms. The molecule has 2 unspecified atom stereocenters. The SMILES string of the molecule is CCC1NC(CC(C)C)C(=O)N1CC(F)F. The van der Waals surface area contributed by atoms with Crippen LogP contribution < -0.4 is 5.32 Å². The number of hydrogen-bond acceptors (Lipinski definition) is 2. The van der Waals surface area contributed by atoms with Crippen LogP contribution in [0.2, 0.25) is 0 Å². The second-order valence-electron chi connectivity index (χ2n) is 4.65. The van der Waals surface area contributed by atoms with Crippen LogP contribution in [-0.2, 0) is 4.79 Å². The van der Waals surface area contributed by atoms with Crippen molar-refractivity contribution in [3.05, 3.63) is 0 Å². The molecular weight excluding hydrogens is 214 g/mol. The van der Waals surface area contributed by atoms with E-state index in [-0.39, 0.29) is 18.1 Å². The monoisotopic (exact) mass is 234 g/mol. The first kappa shape index (κ1) is 13.4. The average Bonchev–Trinajstić information content (AvgIpc) is 2.44. The number of carbonyl (C=O) groups is 1. The van der Waals surface area contributed by atoms with E-state index in [2.05, 4.69) is 5.32 Å². The van der Waals surface area contributed by atoms with Crippen molar-refractivity contribution in [3.8, 4) is 0 Å². The molecule has 1 saturated heterocycles. The molecule has 1 N–H and O–H groups in total. The highest BCUT2D eigenvalue weighted by Gasteiger charge is 2.38. The van der Waals surface area contributed by atoms with Gasteiger partial charge in [0.05, 0.1) is 18.8 Å². The molecule has 0 aromatic heterocycles. The van der Waals surface area contributed by atoms with Crippen LogP contribution in [0.25, 0.3) is 0 Å². The number of carbonyl (C=O) groups excluding carboxylic acids is 1. The molecule has 1 amide bonds. The number of nitrogens with one attached hydrogen (secondary N) is 1. The summed E-state index contributed by atoms with van der Waals surface area (Å²) in [4.78, 5) is 13.2. The topological polar surface area (TPSA) is 32.3 Å². The number of nitrogens with zero attached hydrogens (tertiary/aromatic N) is 1. The lowest BCUT2D eigenvalue weighted by Crippen LogP contribution is -2.39. The third-order valence-corrected chi connectivity index (χ3v) is 2.78. The zero-order valence-electron chi connectivity index (χ0n) is 10.0. The van der Waals surface area contributed by atoms with Crippen molar-refractivity contribution in [2.24, 2.45) is 5.92 Å². The fourth-order valence-electron chi connectivity index (χ4n) is 2.09. The Morgan fingerprint density at radius 2 is 2.06 bits per heavy atom. The first-order valence-corrected chi connectivity index (χ1v) is 5.80. The molecule has 1 aliphatic heterocycles. The lowest BCUT2D eigenvalue weighted by atomic mass is 10.0. The number of rotatable bonds is 5. The van der Waals surface area contributed by atoms with Gasteiger partial charge in [0, 0.05) is 0 Å². The number of hydrogen-bond donors (Lipinski definition) is 1. The number of halogens is 2. The maximum absolute atomic E-state index is 12.3. The minimum Gasteiger partial charge on any atom is -0.320 e. The summed E-state index contributed by atoms with van der Waals surface area (Å²) in [5, 5.41) is 3.12. The molecule has 2 atom stereocenters. The zero-order valence-corrected chi connectivity index (χ0v) is 10.0. The molecule has 1 aliphatic rings. The molecule has 1 fully saturated rings. The van der Waals surface area contributed by atoms with E-state index in [1.807, 2.05) is 20.8 Å². The van der Waals surface area contributed by atoms with E-state index in [0.717, 1.165) is 0 Å². The summed E-state index contributed by atoms with van der Waals surface area (Å²) < 4.78 is 24.7. The quantitative estimate of drug-likeness (QED) is 0.787. The van der Waals surface area contributed by atoms with Crippen molar-refractivity contribution in [2.45, 2.75) is 52.2 Å². The van der Waals surface area contributed by atoms with Gasteiger partial charge in [-0.2, -0.15) is 0 Å². The smallest absolute Gasteiger partial charge is 0.255 e. The Morgan fingerprint density at radius 3 is 2.50 bits per heavy atom. The number of alkyl halides is 2. The van der Waals surface area contributed by atoms with Gasteiger partial charge in [0.2, 0.25) is 5.91 Å². The summed E-state index contributed by atoms with van der Waals surface area (Å²) in [6.45, 7) is 5.47. The van der Waals surface area contributed by atoms with Crippen LogP contribution in [0.1, 0.15) is 33.6 Å². The molecule has 0 bridgehead atoms. The molecule has 16 heavy (non-hydrogen) atoms. The van der Waals surface area contributed by atoms with Gasteiger partial charge in [-0.15, -0.1) is 0 Å². The minimum absolute atomic E-state index is 0.180. The van der Waals surface area contributed by atoms with Crippen molar-refractivity contribution in [3.63, 3.8) is 0 Å². The van der Waals surface area contributed by atoms with Crippen LogP contribution >= 0.6 is 0 Å². The van der Waals surface area contributed by atoms with Gasteiger partial charge in [0.1, 0.15) is 0 Å². The van der Waals surface area contributed by atoms with Crippen LogP contribution in [0.4, 0.5) is 8.78 Å². The predicted molar refractivity (Wildman–Crippen MR) is 58.2 cm³/mol. The Kier molecular flexibility index (Phi) is 4.65. The van der Waals surface area contributed by atoms with Gasteiger partial charge in [0.25, 0.3) is 6.43 Å². The molecule has 1 rings (SSSR count). The van der Waals surface area contributed by atoms with Crippen LogP contribution in [0, 0.1) is 5.92 Å². The fraction of sp³-hybridized carbons (Fsp3) is 0.909. The van der Waals surface area contributed by atoms with Gasteiger partial charge in [-0.3, -0.25) is 10.1 Å². The van der Waals surface area contributed by atoms with E-state index >= 15 is 0 Å². The van der Waals surface area contributed by atoms with Gasteiger partial charge in [0.15, 0.2) is 0 Å². The summed E-state index contributed by atoms with van der Waals surface area (Å²) in [6.07, 6.45) is -1.33. The Hall–Kier alpha value is -0.710. The average molecular weight is 234 g/mol. The highest BCUT2D eigenvalue weighted by Crippen LogP contribution is 2.19. The first-order chi connectivity index (χ1) is 7.45. The molecule has 94 valence electrons. The Bertz CT molecular complexity index is 246. The molecule has 0 radical (unpaired) electrons. The zero-order chi connectivity index (χ0) is 12.3. The molecule has 3 nitrogen and oxygen atoms in total. The Labute approximate surface area is 95.2 Å². The van der Waals surface area contributed by atoms with E-state index in [0.29, 0.717) is 18.8 Å². The van der Waals surface area contributed by atoms with Crippen LogP contribution in [0.3, 0.4) is 0 Å². The summed E-state index contributed by atoms with van der Waals surface area (Å²) >= 11 is 0. The fourth-order valence-corrected chi connectivity index (χ4v) is 2.09. The van der Waals surface area contributed by atoms with Gasteiger partial charge < -0.3 is 4.90 Å². The molecule has 0 aromatic carbocycles. The molecular formula is C11H20F2N2O. The van der Waals surface area contributed by atoms with E-state index in [4.69, 9.17) is 0 Å². The molecule has 0 saturated carbocycles. The molecule has 1 heterocycles. The van der Waals surface area contributed by atoms with Crippen molar-refractivity contribution in [1.29, 1.82) is 0 Å². The molecule has 0 aliphatic carbocycles. The third kappa shape index (κ3) is 3.14. The van der Waals surface area contributed by atoms with E-state index in [9.17, 15) is 13.6 Å². The van der Waals surface area contributed by atoms with E-state index in [1.165, 1.54) is 4.90 Å². The standard InChI is InChI=1S/C11H20F2N2O/c1-4-10-14-8(5-7(2)3)11(16)15(10)6-9(12)13/h7-10,14H,4-6H2,1-3H3. The highest BCUT2D eigenvalue weighted by molar-refractivity contribution is 5.84. The summed E-state index contributed by atoms with van der Waals surface area (Å²) in [7, 11) is 0. The van der Waals surface area contributed by atoms with Crippen LogP contribution in [0.15, 0.2) is 0 Å². The maximum atomic E-state index is 12.3. The van der Waals surface area contributed by atoms with Gasteiger partial charge >= 0.3 is 0 Å². The summed E-state index contributed by atoms with van der Waals surface area (Å²) in [6, 6.07) is -0.288. The van der Waals surface area contributed by atoms with Crippen molar-refractivity contribution in [2.75, 3.05) is 6.54 Å². The maximum Gasteiger partial charge on any atom is 0.255 e. The van der Waals surface area contributed by atoms with Crippen molar-refractivity contribution in [1.82, 2.24) is 10.2 Å². The highest BCUT2D eigenvalue weighted by atomic mass is 19.3. The second-order valence-corrected chi connectivity index (χ2v) is 4.65. The van der Waals surface area contributed by atoms with Gasteiger partial charge in [-0.25, -0.2) is 8.78 Å². The van der Waals surface area contributed by atoms with E-state index in [1.54, 1.807) is 0 Å². The van der Waals surface area contributed by atoms with Gasteiger partial charge in [-0.05, 0) is 18.8 Å². The summed E-state index contributed by atoms with van der Waals surface area (Å²) in [5.41, 5.74) is 0. The molecule has 0 aromatic rings. The second kappa shape index (κ2) is 5.57. The normalized spacial score (nSPS) is 26.2.